The van der Waals surface area contributed by atoms with E-state index in [4.69, 9.17) is 16.3 Å². The van der Waals surface area contributed by atoms with Gasteiger partial charge in [-0.1, -0.05) is 54.1 Å². The molecule has 0 saturated carbocycles. The van der Waals surface area contributed by atoms with Gasteiger partial charge in [0.05, 0.1) is 18.5 Å². The zero-order chi connectivity index (χ0) is 21.7. The number of anilines is 1. The predicted molar refractivity (Wildman–Crippen MR) is 121 cm³/mol. The second-order valence-corrected chi connectivity index (χ2v) is 9.14. The van der Waals surface area contributed by atoms with Gasteiger partial charge in [0.1, 0.15) is 18.9 Å². The van der Waals surface area contributed by atoms with E-state index in [1.165, 1.54) is 0 Å². The number of hydrogen-bond acceptors (Lipinski definition) is 4. The number of fused-ring (bicyclic) bond motifs is 1. The van der Waals surface area contributed by atoms with Crippen molar-refractivity contribution in [3.05, 3.63) is 71.2 Å². The molecule has 8 heteroatoms. The van der Waals surface area contributed by atoms with E-state index in [0.717, 1.165) is 27.1 Å². The quantitative estimate of drug-likeness (QED) is 0.534. The lowest BCUT2D eigenvalue weighted by Gasteiger charge is -2.24. The molecule has 0 bridgehead atoms. The van der Waals surface area contributed by atoms with Crippen LogP contribution in [0.25, 0.3) is 10.8 Å². The highest BCUT2D eigenvalue weighted by atomic mass is 35.5. The molecule has 0 atom stereocenters. The standard InChI is InChI=1S/C22H23ClN2O4S/c1-16-19(23)10-6-11-20(16)25(30(2,27)28)15-22(26)24-13-14-29-21-12-5-8-17-7-3-4-9-18(17)21/h3-12H,13-15H2,1-2H3,(H,24,26). The number of hydrogen-bond donors (Lipinski definition) is 1. The number of nitrogens with one attached hydrogen (secondary N) is 1. The normalized spacial score (nSPS) is 11.3. The first kappa shape index (κ1) is 21.9. The van der Waals surface area contributed by atoms with Gasteiger partial charge >= 0.3 is 0 Å². The van der Waals surface area contributed by atoms with Crippen LogP contribution in [-0.4, -0.2) is 40.3 Å². The largest absolute Gasteiger partial charge is 0.491 e. The fraction of sp³-hybridized carbons (Fsp3) is 0.227. The van der Waals surface area contributed by atoms with Crippen LogP contribution in [-0.2, 0) is 14.8 Å². The van der Waals surface area contributed by atoms with E-state index in [9.17, 15) is 13.2 Å². The van der Waals surface area contributed by atoms with E-state index >= 15 is 0 Å². The van der Waals surface area contributed by atoms with Gasteiger partial charge in [0.2, 0.25) is 15.9 Å². The van der Waals surface area contributed by atoms with E-state index in [2.05, 4.69) is 5.32 Å². The first-order chi connectivity index (χ1) is 14.3. The molecule has 0 aliphatic carbocycles. The molecule has 3 aromatic rings. The van der Waals surface area contributed by atoms with Crippen molar-refractivity contribution in [2.45, 2.75) is 6.92 Å². The molecule has 0 aliphatic rings. The van der Waals surface area contributed by atoms with Crippen molar-refractivity contribution in [1.29, 1.82) is 0 Å². The van der Waals surface area contributed by atoms with Crippen LogP contribution in [0.2, 0.25) is 5.02 Å². The van der Waals surface area contributed by atoms with Crippen molar-refractivity contribution in [2.75, 3.05) is 30.3 Å². The lowest BCUT2D eigenvalue weighted by atomic mass is 10.1. The zero-order valence-corrected chi connectivity index (χ0v) is 18.3. The van der Waals surface area contributed by atoms with E-state index in [-0.39, 0.29) is 19.7 Å². The van der Waals surface area contributed by atoms with Crippen molar-refractivity contribution in [3.8, 4) is 5.75 Å². The number of nitrogens with zero attached hydrogens (tertiary/aromatic N) is 1. The number of sulfonamides is 1. The Kier molecular flexibility index (Phi) is 6.84. The van der Waals surface area contributed by atoms with Crippen molar-refractivity contribution in [3.63, 3.8) is 0 Å². The maximum atomic E-state index is 12.4. The number of amides is 1. The Morgan fingerprint density at radius 2 is 1.77 bits per heavy atom. The Morgan fingerprint density at radius 1 is 1.07 bits per heavy atom. The number of ether oxygens (including phenoxy) is 1. The van der Waals surface area contributed by atoms with Crippen molar-refractivity contribution < 1.29 is 17.9 Å². The monoisotopic (exact) mass is 446 g/mol. The molecule has 1 amide bonds. The summed E-state index contributed by atoms with van der Waals surface area (Å²) in [7, 11) is -3.67. The molecule has 0 aliphatic heterocycles. The minimum Gasteiger partial charge on any atom is -0.491 e. The molecular weight excluding hydrogens is 424 g/mol. The average Bonchev–Trinajstić information content (AvgIpc) is 2.71. The highest BCUT2D eigenvalue weighted by Crippen LogP contribution is 2.28. The van der Waals surface area contributed by atoms with Crippen LogP contribution in [0.1, 0.15) is 5.56 Å². The topological polar surface area (TPSA) is 75.7 Å². The van der Waals surface area contributed by atoms with Crippen molar-refractivity contribution >= 4 is 44.0 Å². The molecule has 0 fully saturated rings. The van der Waals surface area contributed by atoms with E-state index < -0.39 is 15.9 Å². The molecule has 0 aromatic heterocycles. The Labute approximate surface area is 181 Å². The minimum atomic E-state index is -3.67. The van der Waals surface area contributed by atoms with Gasteiger partial charge in [-0.05, 0) is 36.1 Å². The van der Waals surface area contributed by atoms with E-state index in [1.54, 1.807) is 25.1 Å². The van der Waals surface area contributed by atoms with E-state index in [0.29, 0.717) is 16.3 Å². The highest BCUT2D eigenvalue weighted by molar-refractivity contribution is 7.92. The third-order valence-corrected chi connectivity index (χ3v) is 6.16. The molecule has 0 saturated heterocycles. The summed E-state index contributed by atoms with van der Waals surface area (Å²) in [5, 5.41) is 5.20. The fourth-order valence-corrected chi connectivity index (χ4v) is 4.18. The summed E-state index contributed by atoms with van der Waals surface area (Å²) < 4.78 is 31.3. The Hall–Kier alpha value is -2.77. The van der Waals surface area contributed by atoms with Crippen LogP contribution in [0.3, 0.4) is 0 Å². The van der Waals surface area contributed by atoms with Gasteiger partial charge in [0, 0.05) is 10.4 Å². The summed E-state index contributed by atoms with van der Waals surface area (Å²) in [6, 6.07) is 18.6. The Balaban J connectivity index is 1.60. The van der Waals surface area contributed by atoms with Crippen LogP contribution in [0, 0.1) is 6.92 Å². The Morgan fingerprint density at radius 3 is 2.53 bits per heavy atom. The van der Waals surface area contributed by atoms with E-state index in [1.807, 2.05) is 42.5 Å². The minimum absolute atomic E-state index is 0.244. The highest BCUT2D eigenvalue weighted by Gasteiger charge is 2.23. The van der Waals surface area contributed by atoms with Gasteiger partial charge in [-0.15, -0.1) is 0 Å². The average molecular weight is 447 g/mol. The van der Waals surface area contributed by atoms with Gasteiger partial charge < -0.3 is 10.1 Å². The van der Waals surface area contributed by atoms with Crippen LogP contribution in [0.15, 0.2) is 60.7 Å². The van der Waals surface area contributed by atoms with Gasteiger partial charge in [-0.25, -0.2) is 8.42 Å². The molecular formula is C22H23ClN2O4S. The molecule has 3 rings (SSSR count). The summed E-state index contributed by atoms with van der Waals surface area (Å²) in [6.45, 7) is 1.88. The van der Waals surface area contributed by atoms with Crippen LogP contribution in [0.5, 0.6) is 5.75 Å². The molecule has 1 N–H and O–H groups in total. The van der Waals surface area contributed by atoms with Gasteiger partial charge in [-0.3, -0.25) is 9.10 Å². The molecule has 0 heterocycles. The number of carbonyl (C=O) groups excluding carboxylic acids is 1. The SMILES string of the molecule is Cc1c(Cl)cccc1N(CC(=O)NCCOc1cccc2ccccc12)S(C)(=O)=O. The molecule has 0 unspecified atom stereocenters. The first-order valence-corrected chi connectivity index (χ1v) is 11.6. The fourth-order valence-electron chi connectivity index (χ4n) is 3.11. The predicted octanol–water partition coefficient (Wildman–Crippen LogP) is 3.76. The number of rotatable bonds is 8. The van der Waals surface area contributed by atoms with Crippen LogP contribution >= 0.6 is 11.6 Å². The second-order valence-electron chi connectivity index (χ2n) is 6.83. The third kappa shape index (κ3) is 5.23. The summed E-state index contributed by atoms with van der Waals surface area (Å²) in [5.74, 6) is 0.302. The third-order valence-electron chi connectivity index (χ3n) is 4.63. The van der Waals surface area contributed by atoms with Crippen LogP contribution in [0.4, 0.5) is 5.69 Å². The van der Waals surface area contributed by atoms with Gasteiger partial charge in [-0.2, -0.15) is 0 Å². The molecule has 6 nitrogen and oxygen atoms in total. The summed E-state index contributed by atoms with van der Waals surface area (Å²) in [5.41, 5.74) is 0.976. The molecule has 0 spiro atoms. The molecule has 158 valence electrons. The maximum Gasteiger partial charge on any atom is 0.240 e. The number of carbonyl (C=O) groups is 1. The number of halogens is 1. The summed E-state index contributed by atoms with van der Waals surface area (Å²) in [4.78, 5) is 12.4. The summed E-state index contributed by atoms with van der Waals surface area (Å²) in [6.07, 6.45) is 1.06. The Bertz CT molecular complexity index is 1160. The molecule has 0 radical (unpaired) electrons. The van der Waals surface area contributed by atoms with Gasteiger partial charge in [0.15, 0.2) is 0 Å². The zero-order valence-electron chi connectivity index (χ0n) is 16.8. The van der Waals surface area contributed by atoms with Crippen molar-refractivity contribution in [2.24, 2.45) is 0 Å². The molecule has 3 aromatic carbocycles. The smallest absolute Gasteiger partial charge is 0.240 e. The van der Waals surface area contributed by atoms with Crippen LogP contribution < -0.4 is 14.4 Å². The van der Waals surface area contributed by atoms with Gasteiger partial charge in [0.25, 0.3) is 0 Å². The maximum absolute atomic E-state index is 12.4. The number of benzene rings is 3. The first-order valence-electron chi connectivity index (χ1n) is 9.37. The summed E-state index contributed by atoms with van der Waals surface area (Å²) >= 11 is 6.11. The lowest BCUT2D eigenvalue weighted by Crippen LogP contribution is -2.41. The van der Waals surface area contributed by atoms with Crippen molar-refractivity contribution in [1.82, 2.24) is 5.32 Å². The lowest BCUT2D eigenvalue weighted by molar-refractivity contribution is -0.119. The second kappa shape index (κ2) is 9.36. The molecule has 30 heavy (non-hydrogen) atoms.